The highest BCUT2D eigenvalue weighted by atomic mass is 16.7. The minimum absolute atomic E-state index is 0.204. The maximum Gasteiger partial charge on any atom is 0.331 e. The van der Waals surface area contributed by atoms with Crippen molar-refractivity contribution in [2.75, 3.05) is 0 Å². The fraction of sp³-hybridized carbons (Fsp3) is 0.471. The summed E-state index contributed by atoms with van der Waals surface area (Å²) in [4.78, 5) is 59.8. The van der Waals surface area contributed by atoms with Gasteiger partial charge in [0.25, 0.3) is 0 Å². The number of hydrogen-bond donors (Lipinski definition) is 0. The molecule has 0 saturated heterocycles. The van der Waals surface area contributed by atoms with Crippen LogP contribution >= 0.6 is 0 Å². The molecule has 0 saturated carbocycles. The number of carbonyl (C=O) groups is 4. The Morgan fingerprint density at radius 2 is 1.05 bits per heavy atom. The molecular formula is C34H43N3O6. The summed E-state index contributed by atoms with van der Waals surface area (Å²) in [7, 11) is 0. The molecule has 0 aliphatic heterocycles. The quantitative estimate of drug-likeness (QED) is 0.0518. The van der Waals surface area contributed by atoms with Gasteiger partial charge in [-0.1, -0.05) is 62.7 Å². The SMILES string of the molecule is CCCCCC/C(=N\OC(C)=O)C(=O)c1ccc2c(c1)c1cc(C(=O)/C(CCCCCC)=N/OC(C)=O)ccc1n2CC. The molecular weight excluding hydrogens is 546 g/mol. The first kappa shape index (κ1) is 33.4. The maximum atomic E-state index is 13.6. The lowest BCUT2D eigenvalue weighted by Crippen LogP contribution is -2.16. The molecule has 0 N–H and O–H groups in total. The van der Waals surface area contributed by atoms with Crippen molar-refractivity contribution in [3.8, 4) is 0 Å². The summed E-state index contributed by atoms with van der Waals surface area (Å²) in [5.74, 6) is -1.77. The van der Waals surface area contributed by atoms with Crippen LogP contribution in [0.15, 0.2) is 46.7 Å². The molecule has 43 heavy (non-hydrogen) atoms. The molecule has 0 aliphatic carbocycles. The summed E-state index contributed by atoms with van der Waals surface area (Å²) in [6.07, 6.45) is 8.44. The summed E-state index contributed by atoms with van der Waals surface area (Å²) in [5, 5.41) is 9.44. The Morgan fingerprint density at radius 3 is 1.40 bits per heavy atom. The van der Waals surface area contributed by atoms with Gasteiger partial charge in [-0.3, -0.25) is 9.59 Å². The van der Waals surface area contributed by atoms with Crippen molar-refractivity contribution in [2.24, 2.45) is 10.3 Å². The Kier molecular flexibility index (Phi) is 12.8. The van der Waals surface area contributed by atoms with Crippen LogP contribution in [0.4, 0.5) is 0 Å². The first-order chi connectivity index (χ1) is 20.7. The van der Waals surface area contributed by atoms with Gasteiger partial charge in [0.1, 0.15) is 11.4 Å². The molecule has 0 unspecified atom stereocenters. The zero-order valence-corrected chi connectivity index (χ0v) is 26.0. The van der Waals surface area contributed by atoms with Gasteiger partial charge < -0.3 is 14.2 Å². The maximum absolute atomic E-state index is 13.6. The highest BCUT2D eigenvalue weighted by Gasteiger charge is 2.21. The molecule has 230 valence electrons. The molecule has 1 heterocycles. The number of unbranched alkanes of at least 4 members (excludes halogenated alkanes) is 6. The molecule has 0 bridgehead atoms. The first-order valence-corrected chi connectivity index (χ1v) is 15.4. The second kappa shape index (κ2) is 16.5. The Balaban J connectivity index is 2.04. The summed E-state index contributed by atoms with van der Waals surface area (Å²) in [5.41, 5.74) is 3.11. The second-order valence-corrected chi connectivity index (χ2v) is 10.7. The summed E-state index contributed by atoms with van der Waals surface area (Å²) in [6.45, 7) is 9.45. The van der Waals surface area contributed by atoms with E-state index in [-0.39, 0.29) is 23.0 Å². The topological polar surface area (TPSA) is 116 Å². The minimum Gasteiger partial charge on any atom is -0.341 e. The van der Waals surface area contributed by atoms with Crippen molar-refractivity contribution in [1.29, 1.82) is 0 Å². The molecule has 0 fully saturated rings. The number of aryl methyl sites for hydroxylation is 1. The fourth-order valence-corrected chi connectivity index (χ4v) is 5.14. The number of fused-ring (bicyclic) bond motifs is 3. The third-order valence-electron chi connectivity index (χ3n) is 7.33. The first-order valence-electron chi connectivity index (χ1n) is 15.4. The van der Waals surface area contributed by atoms with Crippen LogP contribution in [0.3, 0.4) is 0 Å². The zero-order chi connectivity index (χ0) is 31.4. The molecule has 0 amide bonds. The largest absolute Gasteiger partial charge is 0.341 e. The van der Waals surface area contributed by atoms with Crippen LogP contribution in [0.5, 0.6) is 0 Å². The summed E-state index contributed by atoms with van der Waals surface area (Å²) < 4.78 is 2.13. The van der Waals surface area contributed by atoms with E-state index in [0.717, 1.165) is 73.2 Å². The van der Waals surface area contributed by atoms with Crippen LogP contribution in [0, 0.1) is 0 Å². The van der Waals surface area contributed by atoms with E-state index in [1.165, 1.54) is 13.8 Å². The normalized spacial score (nSPS) is 12.1. The molecule has 9 heteroatoms. The van der Waals surface area contributed by atoms with Crippen molar-refractivity contribution in [1.82, 2.24) is 4.57 Å². The molecule has 2 aromatic carbocycles. The van der Waals surface area contributed by atoms with Crippen LogP contribution in [-0.2, 0) is 25.8 Å². The molecule has 3 aromatic rings. The number of oxime groups is 2. The number of aromatic nitrogens is 1. The molecule has 1 aromatic heterocycles. The van der Waals surface area contributed by atoms with Gasteiger partial charge in [0.05, 0.1) is 0 Å². The number of benzene rings is 2. The molecule has 3 rings (SSSR count). The van der Waals surface area contributed by atoms with E-state index in [0.29, 0.717) is 30.5 Å². The van der Waals surface area contributed by atoms with E-state index in [9.17, 15) is 19.2 Å². The molecule has 9 nitrogen and oxygen atoms in total. The van der Waals surface area contributed by atoms with Crippen LogP contribution in [-0.4, -0.2) is 39.5 Å². The highest BCUT2D eigenvalue weighted by molar-refractivity contribution is 6.47. The van der Waals surface area contributed by atoms with Gasteiger partial charge >= 0.3 is 11.9 Å². The second-order valence-electron chi connectivity index (χ2n) is 10.7. The number of rotatable bonds is 17. The Hall–Kier alpha value is -4.14. The molecule has 0 radical (unpaired) electrons. The van der Waals surface area contributed by atoms with Crippen molar-refractivity contribution in [2.45, 2.75) is 105 Å². The van der Waals surface area contributed by atoms with Gasteiger partial charge in [-0.15, -0.1) is 0 Å². The lowest BCUT2D eigenvalue weighted by molar-refractivity contribution is -0.141. The van der Waals surface area contributed by atoms with E-state index in [1.54, 1.807) is 12.1 Å². The van der Waals surface area contributed by atoms with Gasteiger partial charge in [0, 0.05) is 53.3 Å². The van der Waals surface area contributed by atoms with E-state index in [1.807, 2.05) is 31.2 Å². The number of hydrogen-bond acceptors (Lipinski definition) is 8. The Morgan fingerprint density at radius 1 is 0.628 bits per heavy atom. The number of Topliss-reactive ketones (excluding diaryl/α,β-unsaturated/α-hetero) is 2. The standard InChI is InChI=1S/C34H43N3O6/c1-6-9-11-13-15-29(35-42-23(4)38)33(40)25-17-19-31-27(21-25)28-22-26(18-20-32(28)37(31)8-3)34(41)30(36-43-24(5)39)16-14-12-10-7-2/h17-22H,6-16H2,1-5H3/b35-29+,36-30+. The van der Waals surface area contributed by atoms with Gasteiger partial charge in [-0.25, -0.2) is 9.59 Å². The van der Waals surface area contributed by atoms with Crippen molar-refractivity contribution in [3.63, 3.8) is 0 Å². The summed E-state index contributed by atoms with van der Waals surface area (Å²) >= 11 is 0. The van der Waals surface area contributed by atoms with Crippen molar-refractivity contribution in [3.05, 3.63) is 47.5 Å². The average molecular weight is 590 g/mol. The third kappa shape index (κ3) is 8.92. The van der Waals surface area contributed by atoms with Gasteiger partial charge in [-0.2, -0.15) is 0 Å². The smallest absolute Gasteiger partial charge is 0.331 e. The average Bonchev–Trinajstić information content (AvgIpc) is 3.31. The van der Waals surface area contributed by atoms with Gasteiger partial charge in [0.2, 0.25) is 11.6 Å². The van der Waals surface area contributed by atoms with E-state index >= 15 is 0 Å². The molecule has 0 spiro atoms. The zero-order valence-electron chi connectivity index (χ0n) is 26.0. The van der Waals surface area contributed by atoms with Crippen molar-refractivity contribution >= 4 is 56.7 Å². The van der Waals surface area contributed by atoms with Crippen LogP contribution in [0.25, 0.3) is 21.8 Å². The number of carbonyl (C=O) groups excluding carboxylic acids is 4. The minimum atomic E-state index is -0.584. The number of ketones is 2. The van der Waals surface area contributed by atoms with E-state index < -0.39 is 11.9 Å². The van der Waals surface area contributed by atoms with Gasteiger partial charge in [-0.05, 0) is 69.0 Å². The van der Waals surface area contributed by atoms with Crippen LogP contribution in [0.1, 0.15) is 120 Å². The molecule has 0 aliphatic rings. The Labute approximate surface area is 253 Å². The van der Waals surface area contributed by atoms with E-state index in [2.05, 4.69) is 28.7 Å². The highest BCUT2D eigenvalue weighted by Crippen LogP contribution is 2.31. The van der Waals surface area contributed by atoms with Crippen molar-refractivity contribution < 1.29 is 28.9 Å². The number of nitrogens with zero attached hydrogens (tertiary/aromatic N) is 3. The predicted molar refractivity (Wildman–Crippen MR) is 170 cm³/mol. The summed E-state index contributed by atoms with van der Waals surface area (Å²) in [6, 6.07) is 10.9. The van der Waals surface area contributed by atoms with E-state index in [4.69, 9.17) is 9.68 Å². The predicted octanol–water partition coefficient (Wildman–Crippen LogP) is 7.96. The monoisotopic (exact) mass is 589 g/mol. The van der Waals surface area contributed by atoms with Crippen LogP contribution in [0.2, 0.25) is 0 Å². The lowest BCUT2D eigenvalue weighted by atomic mass is 9.98. The fourth-order valence-electron chi connectivity index (χ4n) is 5.14. The van der Waals surface area contributed by atoms with Gasteiger partial charge in [0.15, 0.2) is 0 Å². The Bertz CT molecular complexity index is 1420. The van der Waals surface area contributed by atoms with Crippen LogP contribution < -0.4 is 0 Å². The third-order valence-corrected chi connectivity index (χ3v) is 7.33. The molecule has 0 atom stereocenters. The lowest BCUT2D eigenvalue weighted by Gasteiger charge is -2.07.